The van der Waals surface area contributed by atoms with Crippen molar-refractivity contribution in [1.82, 2.24) is 10.3 Å². The number of amides is 2. The third-order valence-corrected chi connectivity index (χ3v) is 5.52. The molecule has 1 aliphatic rings. The lowest BCUT2D eigenvalue weighted by atomic mass is 10.2. The van der Waals surface area contributed by atoms with Crippen LogP contribution in [0.5, 0.6) is 5.75 Å². The van der Waals surface area contributed by atoms with Gasteiger partial charge in [0.05, 0.1) is 4.47 Å². The molecule has 3 rings (SSSR count). The van der Waals surface area contributed by atoms with Crippen LogP contribution >= 0.6 is 27.7 Å². The summed E-state index contributed by atoms with van der Waals surface area (Å²) in [5.41, 5.74) is 1.67. The standard InChI is InChI=1S/C19H17BrFN3O3S/c1-11(25)22-19-23-24(12(2)26)18(28-19)14-5-8-17(16(20)9-14)27-10-13-3-6-15(21)7-4-13/h3-9,18H,10H2,1-2H3,(H,22,23,25). The first-order chi connectivity index (χ1) is 13.3. The summed E-state index contributed by atoms with van der Waals surface area (Å²) in [5.74, 6) is -0.153. The van der Waals surface area contributed by atoms with E-state index in [-0.39, 0.29) is 23.0 Å². The number of rotatable bonds is 4. The molecule has 0 aliphatic carbocycles. The summed E-state index contributed by atoms with van der Waals surface area (Å²) in [6, 6.07) is 11.6. The summed E-state index contributed by atoms with van der Waals surface area (Å²) in [5, 5.41) is 8.11. The lowest BCUT2D eigenvalue weighted by molar-refractivity contribution is -0.129. The maximum atomic E-state index is 13.0. The highest BCUT2D eigenvalue weighted by atomic mass is 79.9. The molecule has 9 heteroatoms. The fourth-order valence-corrected chi connectivity index (χ4v) is 4.15. The molecule has 1 aliphatic heterocycles. The van der Waals surface area contributed by atoms with Crippen molar-refractivity contribution in [2.24, 2.45) is 5.10 Å². The highest BCUT2D eigenvalue weighted by Crippen LogP contribution is 2.41. The zero-order chi connectivity index (χ0) is 20.3. The van der Waals surface area contributed by atoms with Crippen LogP contribution in [-0.4, -0.2) is 22.0 Å². The van der Waals surface area contributed by atoms with Gasteiger partial charge in [-0.25, -0.2) is 9.40 Å². The Morgan fingerprint density at radius 2 is 1.96 bits per heavy atom. The number of hydrogen-bond donors (Lipinski definition) is 1. The minimum absolute atomic E-state index is 0.231. The molecule has 1 unspecified atom stereocenters. The van der Waals surface area contributed by atoms with Gasteiger partial charge < -0.3 is 10.1 Å². The van der Waals surface area contributed by atoms with Gasteiger partial charge in [0.2, 0.25) is 11.8 Å². The van der Waals surface area contributed by atoms with Crippen molar-refractivity contribution in [3.8, 4) is 5.75 Å². The second-order valence-corrected chi connectivity index (χ2v) is 7.95. The summed E-state index contributed by atoms with van der Waals surface area (Å²) in [4.78, 5) is 23.2. The predicted octanol–water partition coefficient (Wildman–Crippen LogP) is 4.17. The number of carbonyl (C=O) groups excluding carboxylic acids is 2. The average Bonchev–Trinajstić information content (AvgIpc) is 3.05. The van der Waals surface area contributed by atoms with Crippen molar-refractivity contribution in [2.75, 3.05) is 0 Å². The second-order valence-electron chi connectivity index (χ2n) is 6.03. The molecule has 0 saturated carbocycles. The first-order valence-corrected chi connectivity index (χ1v) is 10.00. The largest absolute Gasteiger partial charge is 0.488 e. The number of ether oxygens (including phenoxy) is 1. The number of thioether (sulfide) groups is 1. The van der Waals surface area contributed by atoms with E-state index in [9.17, 15) is 14.0 Å². The fraction of sp³-hybridized carbons (Fsp3) is 0.211. The third kappa shape index (κ3) is 4.90. The number of nitrogens with zero attached hydrogens (tertiary/aromatic N) is 2. The molecule has 2 aromatic carbocycles. The Morgan fingerprint density at radius 1 is 1.25 bits per heavy atom. The van der Waals surface area contributed by atoms with E-state index in [4.69, 9.17) is 4.74 Å². The van der Waals surface area contributed by atoms with Crippen LogP contribution in [0.25, 0.3) is 0 Å². The molecule has 6 nitrogen and oxygen atoms in total. The minimum Gasteiger partial charge on any atom is -0.488 e. The van der Waals surface area contributed by atoms with Gasteiger partial charge in [-0.3, -0.25) is 9.59 Å². The van der Waals surface area contributed by atoms with Gasteiger partial charge in [-0.15, -0.1) is 5.10 Å². The molecule has 1 N–H and O–H groups in total. The van der Waals surface area contributed by atoms with Crippen molar-refractivity contribution in [3.05, 3.63) is 63.9 Å². The monoisotopic (exact) mass is 465 g/mol. The van der Waals surface area contributed by atoms with E-state index in [2.05, 4.69) is 26.3 Å². The lowest BCUT2D eigenvalue weighted by Crippen LogP contribution is -2.25. The van der Waals surface area contributed by atoms with Crippen LogP contribution in [0.2, 0.25) is 0 Å². The number of benzene rings is 2. The lowest BCUT2D eigenvalue weighted by Gasteiger charge is -2.20. The Kier molecular flexibility index (Phi) is 6.35. The van der Waals surface area contributed by atoms with Gasteiger partial charge >= 0.3 is 0 Å². The van der Waals surface area contributed by atoms with Gasteiger partial charge in [0.25, 0.3) is 0 Å². The normalized spacial score (nSPS) is 15.9. The van der Waals surface area contributed by atoms with Gasteiger partial charge in [0.15, 0.2) is 5.17 Å². The van der Waals surface area contributed by atoms with Crippen LogP contribution in [0.4, 0.5) is 4.39 Å². The van der Waals surface area contributed by atoms with E-state index in [1.807, 2.05) is 12.1 Å². The first kappa shape index (κ1) is 20.3. The summed E-state index contributed by atoms with van der Waals surface area (Å²) in [7, 11) is 0. The molecule has 0 saturated heterocycles. The highest BCUT2D eigenvalue weighted by molar-refractivity contribution is 9.10. The van der Waals surface area contributed by atoms with Gasteiger partial charge in [0.1, 0.15) is 23.5 Å². The molecule has 28 heavy (non-hydrogen) atoms. The number of hydrogen-bond acceptors (Lipinski definition) is 5. The van der Waals surface area contributed by atoms with Gasteiger partial charge in [-0.05, 0) is 51.3 Å². The predicted molar refractivity (Wildman–Crippen MR) is 109 cm³/mol. The summed E-state index contributed by atoms with van der Waals surface area (Å²) in [6.45, 7) is 3.10. The van der Waals surface area contributed by atoms with Crippen LogP contribution in [0, 0.1) is 5.82 Å². The molecule has 0 fully saturated rings. The SMILES string of the molecule is CC(=O)NC1=NN(C(C)=O)C(c2ccc(OCc3ccc(F)cc3)c(Br)c2)S1. The van der Waals surface area contributed by atoms with Crippen LogP contribution in [0.15, 0.2) is 52.0 Å². The number of halogens is 2. The van der Waals surface area contributed by atoms with Crippen LogP contribution in [-0.2, 0) is 16.2 Å². The first-order valence-electron chi connectivity index (χ1n) is 8.33. The zero-order valence-corrected chi connectivity index (χ0v) is 17.5. The molecule has 0 radical (unpaired) electrons. The number of amidine groups is 1. The third-order valence-electron chi connectivity index (χ3n) is 3.80. The Hall–Kier alpha value is -2.39. The van der Waals surface area contributed by atoms with E-state index in [1.54, 1.807) is 18.2 Å². The molecular weight excluding hydrogens is 449 g/mol. The van der Waals surface area contributed by atoms with E-state index >= 15 is 0 Å². The number of nitrogens with one attached hydrogen (secondary N) is 1. The van der Waals surface area contributed by atoms with Gasteiger partial charge in [-0.2, -0.15) is 0 Å². The quantitative estimate of drug-likeness (QED) is 0.735. The molecule has 1 heterocycles. The Bertz CT molecular complexity index is 937. The fourth-order valence-electron chi connectivity index (χ4n) is 2.51. The maximum Gasteiger partial charge on any atom is 0.241 e. The molecule has 2 amide bonds. The molecule has 0 spiro atoms. The molecule has 0 aromatic heterocycles. The minimum atomic E-state index is -0.387. The van der Waals surface area contributed by atoms with Crippen molar-refractivity contribution in [2.45, 2.75) is 25.8 Å². The molecule has 1 atom stereocenters. The smallest absolute Gasteiger partial charge is 0.241 e. The maximum absolute atomic E-state index is 13.0. The Labute approximate surface area is 174 Å². The van der Waals surface area contributed by atoms with E-state index < -0.39 is 0 Å². The molecule has 2 aromatic rings. The molecular formula is C19H17BrFN3O3S. The van der Waals surface area contributed by atoms with Gasteiger partial charge in [-0.1, -0.05) is 30.0 Å². The van der Waals surface area contributed by atoms with Crippen molar-refractivity contribution in [1.29, 1.82) is 0 Å². The highest BCUT2D eigenvalue weighted by Gasteiger charge is 2.32. The van der Waals surface area contributed by atoms with E-state index in [0.29, 0.717) is 22.0 Å². The Balaban J connectivity index is 1.73. The Morgan fingerprint density at radius 3 is 2.57 bits per heavy atom. The number of hydrazone groups is 1. The second kappa shape index (κ2) is 8.74. The number of carbonyl (C=O) groups is 2. The van der Waals surface area contributed by atoms with Gasteiger partial charge in [0, 0.05) is 13.8 Å². The average molecular weight is 466 g/mol. The van der Waals surface area contributed by atoms with E-state index in [0.717, 1.165) is 11.1 Å². The van der Waals surface area contributed by atoms with Crippen LogP contribution in [0.1, 0.15) is 30.3 Å². The van der Waals surface area contributed by atoms with E-state index in [1.165, 1.54) is 42.8 Å². The van der Waals surface area contributed by atoms with Crippen molar-refractivity contribution < 1.29 is 18.7 Å². The topological polar surface area (TPSA) is 71.0 Å². The molecule has 146 valence electrons. The summed E-state index contributed by atoms with van der Waals surface area (Å²) < 4.78 is 19.5. The van der Waals surface area contributed by atoms with Crippen molar-refractivity contribution in [3.63, 3.8) is 0 Å². The summed E-state index contributed by atoms with van der Waals surface area (Å²) in [6.07, 6.45) is 0. The summed E-state index contributed by atoms with van der Waals surface area (Å²) >= 11 is 4.77. The van der Waals surface area contributed by atoms with Crippen LogP contribution < -0.4 is 10.1 Å². The van der Waals surface area contributed by atoms with Crippen molar-refractivity contribution >= 4 is 44.7 Å². The molecule has 0 bridgehead atoms. The van der Waals surface area contributed by atoms with Crippen LogP contribution in [0.3, 0.4) is 0 Å². The zero-order valence-electron chi connectivity index (χ0n) is 15.1.